The number of hydrogen-bond acceptors (Lipinski definition) is 4. The number of aromatic nitrogens is 2. The summed E-state index contributed by atoms with van der Waals surface area (Å²) in [6, 6.07) is 0. The van der Waals surface area contributed by atoms with Gasteiger partial charge in [-0.25, -0.2) is 9.89 Å². The molecule has 1 aromatic rings. The molecule has 0 saturated carbocycles. The van der Waals surface area contributed by atoms with E-state index in [1.54, 1.807) is 0 Å². The smallest absolute Gasteiger partial charge is 0.391 e. The summed E-state index contributed by atoms with van der Waals surface area (Å²) in [5, 5.41) is 8.98. The van der Waals surface area contributed by atoms with Gasteiger partial charge in [0.25, 0.3) is 0 Å². The molecule has 2 N–H and O–H groups in total. The lowest BCUT2D eigenvalue weighted by atomic mass is 10.1. The highest BCUT2D eigenvalue weighted by Gasteiger charge is 2.10. The molecule has 0 unspecified atom stereocenters. The van der Waals surface area contributed by atoms with E-state index in [1.165, 1.54) is 0 Å². The van der Waals surface area contributed by atoms with Crippen molar-refractivity contribution in [1.29, 1.82) is 0 Å². The van der Waals surface area contributed by atoms with Gasteiger partial charge in [0, 0.05) is 5.54 Å². The predicted molar refractivity (Wildman–Crippen MR) is 43.7 cm³/mol. The molecule has 1 rings (SSSR count). The molecule has 0 aromatic carbocycles. The topological polar surface area (TPSA) is 70.9 Å². The third-order valence-electron chi connectivity index (χ3n) is 1.25. The zero-order valence-corrected chi connectivity index (χ0v) is 7.47. The van der Waals surface area contributed by atoms with E-state index in [1.807, 2.05) is 20.8 Å². The molecular weight excluding hydrogens is 158 g/mol. The van der Waals surface area contributed by atoms with E-state index >= 15 is 0 Å². The second kappa shape index (κ2) is 3.10. The molecule has 0 atom stereocenters. The van der Waals surface area contributed by atoms with Gasteiger partial charge in [0.05, 0.1) is 6.54 Å². The summed E-state index contributed by atoms with van der Waals surface area (Å²) in [6.45, 7) is 6.54. The summed E-state index contributed by atoms with van der Waals surface area (Å²) in [7, 11) is 0. The minimum atomic E-state index is -0.513. The van der Waals surface area contributed by atoms with E-state index in [9.17, 15) is 4.79 Å². The van der Waals surface area contributed by atoms with E-state index in [-0.39, 0.29) is 5.54 Å². The molecule has 0 aliphatic heterocycles. The van der Waals surface area contributed by atoms with Crippen molar-refractivity contribution in [2.24, 2.45) is 0 Å². The third kappa shape index (κ3) is 2.87. The Balaban J connectivity index is 2.49. The highest BCUT2D eigenvalue weighted by atomic mass is 16.4. The molecule has 5 heteroatoms. The van der Waals surface area contributed by atoms with Gasteiger partial charge in [-0.1, -0.05) is 0 Å². The van der Waals surface area contributed by atoms with Crippen LogP contribution in [-0.2, 0) is 6.54 Å². The fourth-order valence-electron chi connectivity index (χ4n) is 0.677. The van der Waals surface area contributed by atoms with Gasteiger partial charge < -0.3 is 9.73 Å². The van der Waals surface area contributed by atoms with Crippen LogP contribution in [0.15, 0.2) is 9.21 Å². The molecule has 5 nitrogen and oxygen atoms in total. The van der Waals surface area contributed by atoms with Crippen molar-refractivity contribution in [3.63, 3.8) is 0 Å². The maximum Gasteiger partial charge on any atom is 0.434 e. The lowest BCUT2D eigenvalue weighted by Gasteiger charge is -2.18. The molecule has 1 heterocycles. The molecule has 0 amide bonds. The largest absolute Gasteiger partial charge is 0.434 e. The van der Waals surface area contributed by atoms with Gasteiger partial charge in [-0.3, -0.25) is 0 Å². The standard InChI is InChI=1S/C7H13N3O2/c1-7(2,3)8-4-5-9-10-6(11)12-5/h8H,4H2,1-3H3,(H,10,11). The van der Waals surface area contributed by atoms with Crippen LogP contribution in [0.25, 0.3) is 0 Å². The highest BCUT2D eigenvalue weighted by Crippen LogP contribution is 1.99. The maximum atomic E-state index is 10.5. The molecule has 0 aliphatic rings. The van der Waals surface area contributed by atoms with Crippen LogP contribution < -0.4 is 11.1 Å². The van der Waals surface area contributed by atoms with Gasteiger partial charge in [-0.2, -0.15) is 0 Å². The van der Waals surface area contributed by atoms with Gasteiger partial charge in [-0.15, -0.1) is 5.10 Å². The minimum absolute atomic E-state index is 0.00246. The summed E-state index contributed by atoms with van der Waals surface area (Å²) in [5.74, 6) is -0.129. The zero-order valence-electron chi connectivity index (χ0n) is 7.47. The lowest BCUT2D eigenvalue weighted by Crippen LogP contribution is -2.35. The van der Waals surface area contributed by atoms with Gasteiger partial charge in [0.2, 0.25) is 5.89 Å². The number of H-pyrrole nitrogens is 1. The van der Waals surface area contributed by atoms with Crippen molar-refractivity contribution in [1.82, 2.24) is 15.5 Å². The Hall–Kier alpha value is -1.10. The summed E-state index contributed by atoms with van der Waals surface area (Å²) in [5.41, 5.74) is -0.00246. The SMILES string of the molecule is CC(C)(C)NCc1n[nH]c(=O)o1. The molecule has 0 fully saturated rings. The summed E-state index contributed by atoms with van der Waals surface area (Å²) in [4.78, 5) is 10.5. The van der Waals surface area contributed by atoms with Crippen LogP contribution >= 0.6 is 0 Å². The molecular formula is C7H13N3O2. The van der Waals surface area contributed by atoms with Crippen LogP contribution in [0.3, 0.4) is 0 Å². The molecule has 0 bridgehead atoms. The van der Waals surface area contributed by atoms with Crippen molar-refractivity contribution in [2.45, 2.75) is 32.9 Å². The minimum Gasteiger partial charge on any atom is -0.391 e. The summed E-state index contributed by atoms with van der Waals surface area (Å²) in [6.07, 6.45) is 0. The Kier molecular flexibility index (Phi) is 2.32. The van der Waals surface area contributed by atoms with Crippen LogP contribution in [0.2, 0.25) is 0 Å². The summed E-state index contributed by atoms with van der Waals surface area (Å²) < 4.78 is 4.69. The average molecular weight is 171 g/mol. The first kappa shape index (κ1) is 8.99. The number of rotatable bonds is 2. The monoisotopic (exact) mass is 171 g/mol. The normalized spacial score (nSPS) is 11.9. The predicted octanol–water partition coefficient (Wildman–Crippen LogP) is 0.251. The Morgan fingerprint density at radius 1 is 1.58 bits per heavy atom. The van der Waals surface area contributed by atoms with Crippen LogP contribution in [0.4, 0.5) is 0 Å². The second-order valence-corrected chi connectivity index (χ2v) is 3.61. The number of hydrogen-bond donors (Lipinski definition) is 2. The highest BCUT2D eigenvalue weighted by molar-refractivity contribution is 4.77. The Bertz CT molecular complexity index is 294. The molecule has 0 aliphatic carbocycles. The second-order valence-electron chi connectivity index (χ2n) is 3.61. The van der Waals surface area contributed by atoms with Crippen molar-refractivity contribution in [3.05, 3.63) is 16.4 Å². The molecule has 0 saturated heterocycles. The fourth-order valence-corrected chi connectivity index (χ4v) is 0.677. The lowest BCUT2D eigenvalue weighted by molar-refractivity contribution is 0.373. The first-order valence-electron chi connectivity index (χ1n) is 3.77. The van der Waals surface area contributed by atoms with E-state index < -0.39 is 5.76 Å². The summed E-state index contributed by atoms with van der Waals surface area (Å²) >= 11 is 0. The van der Waals surface area contributed by atoms with Gasteiger partial charge in [-0.05, 0) is 20.8 Å². The van der Waals surface area contributed by atoms with Crippen molar-refractivity contribution in [3.8, 4) is 0 Å². The van der Waals surface area contributed by atoms with Crippen molar-refractivity contribution < 1.29 is 4.42 Å². The first-order valence-corrected chi connectivity index (χ1v) is 3.77. The van der Waals surface area contributed by atoms with E-state index in [2.05, 4.69) is 15.5 Å². The van der Waals surface area contributed by atoms with Crippen molar-refractivity contribution >= 4 is 0 Å². The molecule has 0 spiro atoms. The van der Waals surface area contributed by atoms with E-state index in [0.29, 0.717) is 12.4 Å². The van der Waals surface area contributed by atoms with E-state index in [4.69, 9.17) is 4.42 Å². The number of nitrogens with zero attached hydrogens (tertiary/aromatic N) is 1. The fraction of sp³-hybridized carbons (Fsp3) is 0.714. The first-order chi connectivity index (χ1) is 5.47. The molecule has 12 heavy (non-hydrogen) atoms. The Morgan fingerprint density at radius 2 is 2.25 bits per heavy atom. The zero-order chi connectivity index (χ0) is 9.19. The number of aromatic amines is 1. The van der Waals surface area contributed by atoms with Crippen LogP contribution in [-0.4, -0.2) is 15.7 Å². The van der Waals surface area contributed by atoms with Gasteiger partial charge >= 0.3 is 5.76 Å². The molecule has 1 aromatic heterocycles. The van der Waals surface area contributed by atoms with Crippen molar-refractivity contribution in [2.75, 3.05) is 0 Å². The molecule has 0 radical (unpaired) electrons. The van der Waals surface area contributed by atoms with Gasteiger partial charge in [0.1, 0.15) is 0 Å². The molecule has 68 valence electrons. The van der Waals surface area contributed by atoms with Crippen LogP contribution in [0.5, 0.6) is 0 Å². The Morgan fingerprint density at radius 3 is 2.67 bits per heavy atom. The Labute approximate surface area is 70.2 Å². The number of nitrogens with one attached hydrogen (secondary N) is 2. The van der Waals surface area contributed by atoms with E-state index in [0.717, 1.165) is 0 Å². The van der Waals surface area contributed by atoms with Crippen LogP contribution in [0, 0.1) is 0 Å². The average Bonchev–Trinajstić information content (AvgIpc) is 2.30. The maximum absolute atomic E-state index is 10.5. The van der Waals surface area contributed by atoms with Gasteiger partial charge in [0.15, 0.2) is 0 Å². The van der Waals surface area contributed by atoms with Crippen LogP contribution in [0.1, 0.15) is 26.7 Å². The third-order valence-corrected chi connectivity index (χ3v) is 1.25. The quantitative estimate of drug-likeness (QED) is 0.669.